The topological polar surface area (TPSA) is 98.5 Å². The maximum absolute atomic E-state index is 12.2. The number of hydrogen-bond donors (Lipinski definition) is 1. The Morgan fingerprint density at radius 2 is 1.69 bits per heavy atom. The number of nitrogens with zero attached hydrogens (tertiary/aromatic N) is 4. The zero-order valence-corrected chi connectivity index (χ0v) is 20.0. The second-order valence-corrected chi connectivity index (χ2v) is 8.55. The van der Waals surface area contributed by atoms with Crippen molar-refractivity contribution in [1.29, 1.82) is 0 Å². The Morgan fingerprint density at radius 1 is 0.971 bits per heavy atom. The molecule has 3 aromatic carbocycles. The van der Waals surface area contributed by atoms with Crippen LogP contribution in [-0.4, -0.2) is 38.6 Å². The first kappa shape index (κ1) is 23.9. The van der Waals surface area contributed by atoms with Crippen molar-refractivity contribution >= 4 is 29.9 Å². The van der Waals surface area contributed by atoms with Crippen LogP contribution in [0.15, 0.2) is 89.1 Å². The van der Waals surface area contributed by atoms with Gasteiger partial charge in [0.15, 0.2) is 5.16 Å². The highest BCUT2D eigenvalue weighted by Crippen LogP contribution is 2.21. The number of hydrogen-bond acceptors (Lipinski definition) is 7. The predicted molar refractivity (Wildman–Crippen MR) is 135 cm³/mol. The van der Waals surface area contributed by atoms with E-state index in [4.69, 9.17) is 4.74 Å². The molecule has 1 N–H and O–H groups in total. The van der Waals surface area contributed by atoms with Crippen LogP contribution < -0.4 is 10.2 Å². The third kappa shape index (κ3) is 6.42. The molecule has 0 aliphatic carbocycles. The average molecular weight is 486 g/mol. The van der Waals surface area contributed by atoms with Gasteiger partial charge in [-0.3, -0.25) is 9.36 Å². The van der Waals surface area contributed by atoms with Crippen LogP contribution in [0.3, 0.4) is 0 Å². The van der Waals surface area contributed by atoms with Crippen LogP contribution in [-0.2, 0) is 4.79 Å². The summed E-state index contributed by atoms with van der Waals surface area (Å²) in [5.74, 6) is 0.608. The van der Waals surface area contributed by atoms with Crippen LogP contribution in [0.4, 0.5) is 0 Å². The molecule has 4 rings (SSSR count). The zero-order valence-electron chi connectivity index (χ0n) is 19.2. The van der Waals surface area contributed by atoms with E-state index in [2.05, 4.69) is 20.7 Å². The zero-order chi connectivity index (χ0) is 24.6. The molecule has 0 aliphatic heterocycles. The summed E-state index contributed by atoms with van der Waals surface area (Å²) in [5.41, 5.74) is 5.74. The molecular formula is C26H23N5O3S. The lowest BCUT2D eigenvalue weighted by Gasteiger charge is -2.07. The van der Waals surface area contributed by atoms with Crippen molar-refractivity contribution < 1.29 is 14.3 Å². The monoisotopic (exact) mass is 485 g/mol. The number of ether oxygens (including phenoxy) is 1. The summed E-state index contributed by atoms with van der Waals surface area (Å²) in [6.07, 6.45) is 1.52. The summed E-state index contributed by atoms with van der Waals surface area (Å²) in [7, 11) is 0. The van der Waals surface area contributed by atoms with E-state index in [1.807, 2.05) is 60.9 Å². The Labute approximate surface area is 207 Å². The van der Waals surface area contributed by atoms with E-state index < -0.39 is 5.97 Å². The third-order valence-electron chi connectivity index (χ3n) is 4.92. The van der Waals surface area contributed by atoms with Gasteiger partial charge in [-0.15, -0.1) is 10.2 Å². The first-order valence-electron chi connectivity index (χ1n) is 10.8. The molecule has 1 heterocycles. The van der Waals surface area contributed by atoms with E-state index in [1.165, 1.54) is 18.0 Å². The Balaban J connectivity index is 1.27. The minimum absolute atomic E-state index is 0.135. The van der Waals surface area contributed by atoms with E-state index in [-0.39, 0.29) is 11.7 Å². The fourth-order valence-electron chi connectivity index (χ4n) is 3.13. The third-order valence-corrected chi connectivity index (χ3v) is 5.85. The van der Waals surface area contributed by atoms with Crippen molar-refractivity contribution in [3.05, 3.63) is 101 Å². The largest absolute Gasteiger partial charge is 0.423 e. The van der Waals surface area contributed by atoms with Crippen LogP contribution in [0.1, 0.15) is 27.3 Å². The van der Waals surface area contributed by atoms with Gasteiger partial charge in [-0.05, 0) is 67.9 Å². The van der Waals surface area contributed by atoms with E-state index >= 15 is 0 Å². The second-order valence-electron chi connectivity index (χ2n) is 7.61. The van der Waals surface area contributed by atoms with E-state index in [1.54, 1.807) is 36.4 Å². The summed E-state index contributed by atoms with van der Waals surface area (Å²) in [5, 5.41) is 12.9. The number of amides is 1. The fourth-order valence-corrected chi connectivity index (χ4v) is 3.92. The minimum atomic E-state index is -0.422. The highest BCUT2D eigenvalue weighted by Gasteiger charge is 2.13. The van der Waals surface area contributed by atoms with Crippen molar-refractivity contribution in [2.45, 2.75) is 19.0 Å². The van der Waals surface area contributed by atoms with Gasteiger partial charge in [-0.1, -0.05) is 47.7 Å². The number of para-hydroxylation sites is 1. The summed E-state index contributed by atoms with van der Waals surface area (Å²) in [4.78, 5) is 24.4. The molecule has 1 amide bonds. The maximum Gasteiger partial charge on any atom is 0.343 e. The van der Waals surface area contributed by atoms with Crippen LogP contribution in [0.25, 0.3) is 5.69 Å². The molecule has 0 saturated carbocycles. The Hall–Kier alpha value is -4.24. The predicted octanol–water partition coefficient (Wildman–Crippen LogP) is 4.35. The summed E-state index contributed by atoms with van der Waals surface area (Å²) < 4.78 is 7.28. The number of esters is 1. The molecule has 0 fully saturated rings. The molecule has 0 radical (unpaired) electrons. The first-order valence-corrected chi connectivity index (χ1v) is 11.8. The number of hydrazone groups is 1. The lowest BCUT2D eigenvalue weighted by Crippen LogP contribution is -2.20. The molecule has 0 atom stereocenters. The Bertz CT molecular complexity index is 1330. The number of nitrogens with one attached hydrogen (secondary N) is 1. The van der Waals surface area contributed by atoms with Gasteiger partial charge in [0.25, 0.3) is 5.91 Å². The standard InChI is InChI=1S/C26H23N5O3S/c1-18-8-12-21(13-9-18)25(33)34-23-14-10-20(11-15-23)16-27-29-24(32)17-35-26-30-28-19(2)31(26)22-6-4-3-5-7-22/h3-16H,17H2,1-2H3,(H,29,32)/b27-16+. The maximum atomic E-state index is 12.2. The molecule has 9 heteroatoms. The van der Waals surface area contributed by atoms with Gasteiger partial charge >= 0.3 is 5.97 Å². The molecule has 0 saturated heterocycles. The Morgan fingerprint density at radius 3 is 2.40 bits per heavy atom. The average Bonchev–Trinajstić information content (AvgIpc) is 3.25. The number of benzene rings is 3. The van der Waals surface area contributed by atoms with Crippen molar-refractivity contribution in [1.82, 2.24) is 20.2 Å². The van der Waals surface area contributed by atoms with Crippen LogP contribution in [0.2, 0.25) is 0 Å². The smallest absolute Gasteiger partial charge is 0.343 e. The lowest BCUT2D eigenvalue weighted by molar-refractivity contribution is -0.118. The number of aryl methyl sites for hydroxylation is 2. The number of carbonyl (C=O) groups is 2. The van der Waals surface area contributed by atoms with Gasteiger partial charge in [0.1, 0.15) is 11.6 Å². The van der Waals surface area contributed by atoms with E-state index in [0.717, 1.165) is 22.6 Å². The quantitative estimate of drug-likeness (QED) is 0.131. The summed E-state index contributed by atoms with van der Waals surface area (Å²) in [6.45, 7) is 3.82. The van der Waals surface area contributed by atoms with Crippen molar-refractivity contribution in [2.75, 3.05) is 5.75 Å². The highest BCUT2D eigenvalue weighted by atomic mass is 32.2. The van der Waals surface area contributed by atoms with Crippen molar-refractivity contribution in [3.8, 4) is 11.4 Å². The van der Waals surface area contributed by atoms with Gasteiger partial charge in [0.05, 0.1) is 17.5 Å². The SMILES string of the molecule is Cc1ccc(C(=O)Oc2ccc(/C=N/NC(=O)CSc3nnc(C)n3-c3ccccc3)cc2)cc1. The fraction of sp³-hybridized carbons (Fsp3) is 0.115. The van der Waals surface area contributed by atoms with Gasteiger partial charge in [0, 0.05) is 5.69 Å². The molecule has 0 aliphatic rings. The lowest BCUT2D eigenvalue weighted by atomic mass is 10.1. The molecule has 8 nitrogen and oxygen atoms in total. The molecule has 0 bridgehead atoms. The van der Waals surface area contributed by atoms with Gasteiger partial charge in [-0.25, -0.2) is 10.2 Å². The van der Waals surface area contributed by atoms with Gasteiger partial charge in [-0.2, -0.15) is 5.10 Å². The normalized spacial score (nSPS) is 10.9. The van der Waals surface area contributed by atoms with Crippen LogP contribution >= 0.6 is 11.8 Å². The number of thioether (sulfide) groups is 1. The molecule has 0 spiro atoms. The minimum Gasteiger partial charge on any atom is -0.423 e. The second kappa shape index (κ2) is 11.3. The van der Waals surface area contributed by atoms with Crippen molar-refractivity contribution in [3.63, 3.8) is 0 Å². The highest BCUT2D eigenvalue weighted by molar-refractivity contribution is 7.99. The first-order chi connectivity index (χ1) is 17.0. The number of aromatic nitrogens is 3. The Kier molecular flexibility index (Phi) is 7.69. The van der Waals surface area contributed by atoms with Crippen LogP contribution in [0.5, 0.6) is 5.75 Å². The van der Waals surface area contributed by atoms with Crippen molar-refractivity contribution in [2.24, 2.45) is 5.10 Å². The molecule has 176 valence electrons. The molecular weight excluding hydrogens is 462 g/mol. The van der Waals surface area contributed by atoms with Crippen LogP contribution in [0, 0.1) is 13.8 Å². The molecule has 1 aromatic heterocycles. The van der Waals surface area contributed by atoms with Gasteiger partial charge in [0.2, 0.25) is 0 Å². The summed E-state index contributed by atoms with van der Waals surface area (Å²) >= 11 is 1.28. The van der Waals surface area contributed by atoms with E-state index in [0.29, 0.717) is 16.5 Å². The molecule has 35 heavy (non-hydrogen) atoms. The molecule has 4 aromatic rings. The van der Waals surface area contributed by atoms with E-state index in [9.17, 15) is 9.59 Å². The number of rotatable bonds is 8. The summed E-state index contributed by atoms with van der Waals surface area (Å²) in [6, 6.07) is 23.7. The number of carbonyl (C=O) groups excluding carboxylic acids is 2. The molecule has 0 unspecified atom stereocenters. The van der Waals surface area contributed by atoms with Gasteiger partial charge < -0.3 is 4.74 Å².